The highest BCUT2D eigenvalue weighted by atomic mass is 16.6. The molecule has 1 aliphatic carbocycles. The normalized spacial score (nSPS) is 14.4. The summed E-state index contributed by atoms with van der Waals surface area (Å²) in [5.41, 5.74) is 3.33. The van der Waals surface area contributed by atoms with Crippen LogP contribution in [0.4, 0.5) is 5.69 Å². The molecule has 1 aliphatic rings. The second-order valence-electron chi connectivity index (χ2n) is 7.40. The maximum atomic E-state index is 12.5. The number of nitro groups is 1. The summed E-state index contributed by atoms with van der Waals surface area (Å²) in [4.78, 5) is 22.8. The first-order chi connectivity index (χ1) is 13.5. The Balaban J connectivity index is 1.53. The molecular weight excluding hydrogens is 356 g/mol. The average molecular weight is 382 g/mol. The van der Waals surface area contributed by atoms with Gasteiger partial charge in [-0.15, -0.1) is 0 Å². The van der Waals surface area contributed by atoms with Crippen LogP contribution in [0.25, 0.3) is 0 Å². The number of hydrogen-bond acceptors (Lipinski definition) is 4. The van der Waals surface area contributed by atoms with Crippen molar-refractivity contribution in [3.8, 4) is 5.75 Å². The molecule has 6 heteroatoms. The van der Waals surface area contributed by atoms with E-state index in [9.17, 15) is 14.9 Å². The van der Waals surface area contributed by atoms with Crippen LogP contribution < -0.4 is 10.1 Å². The van der Waals surface area contributed by atoms with Crippen LogP contribution in [-0.2, 0) is 11.2 Å². The summed E-state index contributed by atoms with van der Waals surface area (Å²) in [6, 6.07) is 12.6. The highest BCUT2D eigenvalue weighted by molar-refractivity contribution is 5.77. The molecule has 0 aliphatic heterocycles. The van der Waals surface area contributed by atoms with E-state index in [1.807, 2.05) is 13.0 Å². The van der Waals surface area contributed by atoms with E-state index in [2.05, 4.69) is 17.4 Å². The third-order valence-corrected chi connectivity index (χ3v) is 5.33. The molecule has 0 heterocycles. The van der Waals surface area contributed by atoms with Crippen molar-refractivity contribution in [1.29, 1.82) is 0 Å². The van der Waals surface area contributed by atoms with Crippen molar-refractivity contribution in [2.75, 3.05) is 13.7 Å². The van der Waals surface area contributed by atoms with Crippen LogP contribution in [0.5, 0.6) is 5.75 Å². The maximum absolute atomic E-state index is 12.5. The molecule has 6 nitrogen and oxygen atoms in total. The summed E-state index contributed by atoms with van der Waals surface area (Å²) < 4.78 is 5.34. The van der Waals surface area contributed by atoms with Crippen molar-refractivity contribution in [3.05, 3.63) is 69.3 Å². The van der Waals surface area contributed by atoms with Crippen LogP contribution in [0.1, 0.15) is 41.9 Å². The molecule has 1 N–H and O–H groups in total. The van der Waals surface area contributed by atoms with E-state index in [1.54, 1.807) is 19.2 Å². The molecule has 2 aromatic carbocycles. The third kappa shape index (κ3) is 5.09. The summed E-state index contributed by atoms with van der Waals surface area (Å²) >= 11 is 0. The zero-order chi connectivity index (χ0) is 20.1. The molecule has 0 bridgehead atoms. The number of hydrogen-bond donors (Lipinski definition) is 1. The molecule has 28 heavy (non-hydrogen) atoms. The van der Waals surface area contributed by atoms with Gasteiger partial charge in [-0.05, 0) is 60.8 Å². The molecule has 1 unspecified atom stereocenters. The first-order valence-electron chi connectivity index (χ1n) is 9.62. The van der Waals surface area contributed by atoms with Gasteiger partial charge in [0, 0.05) is 25.1 Å². The summed E-state index contributed by atoms with van der Waals surface area (Å²) in [6.07, 6.45) is 3.48. The largest absolute Gasteiger partial charge is 0.496 e. The minimum absolute atomic E-state index is 0.0484. The van der Waals surface area contributed by atoms with E-state index in [0.717, 1.165) is 16.9 Å². The van der Waals surface area contributed by atoms with Gasteiger partial charge in [-0.1, -0.05) is 24.3 Å². The van der Waals surface area contributed by atoms with Gasteiger partial charge in [-0.25, -0.2) is 0 Å². The fourth-order valence-electron chi connectivity index (χ4n) is 3.59. The summed E-state index contributed by atoms with van der Waals surface area (Å²) in [7, 11) is 1.67. The predicted molar refractivity (Wildman–Crippen MR) is 108 cm³/mol. The highest BCUT2D eigenvalue weighted by Gasteiger charge is 2.33. The molecule has 1 atom stereocenters. The number of ether oxygens (including phenoxy) is 1. The lowest BCUT2D eigenvalue weighted by molar-refractivity contribution is -0.384. The number of amides is 1. The minimum Gasteiger partial charge on any atom is -0.496 e. The summed E-state index contributed by atoms with van der Waals surface area (Å²) in [5.74, 6) is 1.73. The van der Waals surface area contributed by atoms with Crippen LogP contribution in [0.2, 0.25) is 0 Å². The van der Waals surface area contributed by atoms with Crippen molar-refractivity contribution < 1.29 is 14.5 Å². The van der Waals surface area contributed by atoms with Crippen LogP contribution in [-0.4, -0.2) is 24.5 Å². The van der Waals surface area contributed by atoms with Gasteiger partial charge >= 0.3 is 0 Å². The van der Waals surface area contributed by atoms with Crippen molar-refractivity contribution in [3.63, 3.8) is 0 Å². The predicted octanol–water partition coefficient (Wildman–Crippen LogP) is 4.15. The Kier molecular flexibility index (Phi) is 6.29. The number of non-ortho nitro benzene ring substituents is 1. The van der Waals surface area contributed by atoms with Gasteiger partial charge in [0.1, 0.15) is 5.75 Å². The van der Waals surface area contributed by atoms with Gasteiger partial charge in [0.25, 0.3) is 5.69 Å². The molecule has 1 saturated carbocycles. The van der Waals surface area contributed by atoms with Gasteiger partial charge in [-0.2, -0.15) is 0 Å². The SMILES string of the molecule is COc1ccc(C(CC(=O)NCCc2ccc([N+](=O)[O-])cc2)C2CC2)cc1C. The zero-order valence-electron chi connectivity index (χ0n) is 16.3. The van der Waals surface area contributed by atoms with Crippen LogP contribution >= 0.6 is 0 Å². The molecule has 1 amide bonds. The second-order valence-corrected chi connectivity index (χ2v) is 7.40. The molecule has 148 valence electrons. The van der Waals surface area contributed by atoms with Crippen LogP contribution in [0.15, 0.2) is 42.5 Å². The Morgan fingerprint density at radius 3 is 2.54 bits per heavy atom. The van der Waals surface area contributed by atoms with Crippen molar-refractivity contribution >= 4 is 11.6 Å². The first kappa shape index (κ1) is 19.9. The smallest absolute Gasteiger partial charge is 0.269 e. The van der Waals surface area contributed by atoms with E-state index in [4.69, 9.17) is 4.74 Å². The molecule has 1 fully saturated rings. The van der Waals surface area contributed by atoms with E-state index >= 15 is 0 Å². The number of aryl methyl sites for hydroxylation is 1. The average Bonchev–Trinajstić information content (AvgIpc) is 3.51. The van der Waals surface area contributed by atoms with Gasteiger partial charge in [0.15, 0.2) is 0 Å². The number of methoxy groups -OCH3 is 1. The van der Waals surface area contributed by atoms with Crippen LogP contribution in [0, 0.1) is 23.0 Å². The van der Waals surface area contributed by atoms with Crippen molar-refractivity contribution in [2.45, 2.75) is 38.5 Å². The molecular formula is C22H26N2O4. The molecule has 0 spiro atoms. The lowest BCUT2D eigenvalue weighted by Gasteiger charge is -2.18. The Morgan fingerprint density at radius 1 is 1.25 bits per heavy atom. The van der Waals surface area contributed by atoms with Gasteiger partial charge in [-0.3, -0.25) is 14.9 Å². The van der Waals surface area contributed by atoms with E-state index in [1.165, 1.54) is 30.5 Å². The Bertz CT molecular complexity index is 844. The second kappa shape index (κ2) is 8.87. The van der Waals surface area contributed by atoms with E-state index < -0.39 is 4.92 Å². The first-order valence-corrected chi connectivity index (χ1v) is 9.62. The lowest BCUT2D eigenvalue weighted by Crippen LogP contribution is -2.27. The molecule has 0 aromatic heterocycles. The number of carbonyl (C=O) groups excluding carboxylic acids is 1. The van der Waals surface area contributed by atoms with Crippen molar-refractivity contribution in [1.82, 2.24) is 5.32 Å². The number of rotatable bonds is 9. The molecule has 0 radical (unpaired) electrons. The van der Waals surface area contributed by atoms with E-state index in [0.29, 0.717) is 25.3 Å². The molecule has 2 aromatic rings. The number of nitrogens with zero attached hydrogens (tertiary/aromatic N) is 1. The lowest BCUT2D eigenvalue weighted by atomic mass is 9.89. The topological polar surface area (TPSA) is 81.5 Å². The quantitative estimate of drug-likeness (QED) is 0.522. The highest BCUT2D eigenvalue weighted by Crippen LogP contribution is 2.45. The standard InChI is InChI=1S/C22H26N2O4/c1-15-13-18(7-10-21(15)28-2)20(17-5-6-17)14-22(25)23-12-11-16-3-8-19(9-4-16)24(26)27/h3-4,7-10,13,17,20H,5-6,11-12,14H2,1-2H3,(H,23,25). The summed E-state index contributed by atoms with van der Waals surface area (Å²) in [5, 5.41) is 13.7. The monoisotopic (exact) mass is 382 g/mol. The number of carbonyl (C=O) groups is 1. The Hall–Kier alpha value is -2.89. The fraction of sp³-hybridized carbons (Fsp3) is 0.409. The fourth-order valence-corrected chi connectivity index (χ4v) is 3.59. The summed E-state index contributed by atoms with van der Waals surface area (Å²) in [6.45, 7) is 2.55. The number of nitro benzene ring substituents is 1. The zero-order valence-corrected chi connectivity index (χ0v) is 16.3. The van der Waals surface area contributed by atoms with Crippen LogP contribution in [0.3, 0.4) is 0 Å². The van der Waals surface area contributed by atoms with Crippen molar-refractivity contribution in [2.24, 2.45) is 5.92 Å². The Morgan fingerprint density at radius 2 is 1.96 bits per heavy atom. The number of nitrogens with one attached hydrogen (secondary N) is 1. The minimum atomic E-state index is -0.412. The molecule has 3 rings (SSSR count). The molecule has 0 saturated heterocycles. The van der Waals surface area contributed by atoms with Gasteiger partial charge < -0.3 is 10.1 Å². The van der Waals surface area contributed by atoms with E-state index in [-0.39, 0.29) is 17.5 Å². The van der Waals surface area contributed by atoms with Gasteiger partial charge in [0.2, 0.25) is 5.91 Å². The number of benzene rings is 2. The van der Waals surface area contributed by atoms with Gasteiger partial charge in [0.05, 0.1) is 12.0 Å². The Labute approximate surface area is 165 Å². The maximum Gasteiger partial charge on any atom is 0.269 e. The third-order valence-electron chi connectivity index (χ3n) is 5.33.